The van der Waals surface area contributed by atoms with Crippen LogP contribution in [0.3, 0.4) is 0 Å². The third-order valence-corrected chi connectivity index (χ3v) is 2.26. The van der Waals surface area contributed by atoms with Gasteiger partial charge in [-0.1, -0.05) is 12.1 Å². The predicted molar refractivity (Wildman–Crippen MR) is 63.6 cm³/mol. The molecule has 0 atom stereocenters. The van der Waals surface area contributed by atoms with Crippen molar-refractivity contribution in [3.05, 3.63) is 36.5 Å². The molecule has 0 unspecified atom stereocenters. The number of aromatic nitrogens is 2. The van der Waals surface area contributed by atoms with Crippen molar-refractivity contribution in [2.45, 2.75) is 6.61 Å². The van der Waals surface area contributed by atoms with Crippen LogP contribution in [-0.4, -0.2) is 23.6 Å². The minimum atomic E-state index is -2.88. The molecule has 1 aromatic heterocycles. The summed E-state index contributed by atoms with van der Waals surface area (Å²) in [6.07, 6.45) is 1.55. The molecule has 0 fully saturated rings. The lowest BCUT2D eigenvalue weighted by Gasteiger charge is -2.09. The first-order chi connectivity index (χ1) is 8.70. The van der Waals surface area contributed by atoms with Gasteiger partial charge >= 0.3 is 6.61 Å². The minimum absolute atomic E-state index is 0.0563. The van der Waals surface area contributed by atoms with Gasteiger partial charge in [0, 0.05) is 13.2 Å². The average Bonchev–Trinajstić information content (AvgIpc) is 2.39. The monoisotopic (exact) mass is 251 g/mol. The van der Waals surface area contributed by atoms with E-state index in [1.54, 1.807) is 37.5 Å². The van der Waals surface area contributed by atoms with Crippen LogP contribution in [0.15, 0.2) is 36.5 Å². The Bertz CT molecular complexity index is 534. The van der Waals surface area contributed by atoms with E-state index in [-0.39, 0.29) is 5.75 Å². The van der Waals surface area contributed by atoms with Crippen molar-refractivity contribution in [1.82, 2.24) is 9.97 Å². The Morgan fingerprint density at radius 3 is 2.72 bits per heavy atom. The maximum atomic E-state index is 12.3. The molecule has 0 aliphatic heterocycles. The molecule has 4 nitrogen and oxygen atoms in total. The van der Waals surface area contributed by atoms with Gasteiger partial charge in [0.15, 0.2) is 5.82 Å². The van der Waals surface area contributed by atoms with E-state index in [2.05, 4.69) is 20.0 Å². The smallest absolute Gasteiger partial charge is 0.387 e. The van der Waals surface area contributed by atoms with Crippen LogP contribution >= 0.6 is 0 Å². The first-order valence-electron chi connectivity index (χ1n) is 5.25. The molecule has 0 amide bonds. The van der Waals surface area contributed by atoms with E-state index in [0.717, 1.165) is 0 Å². The number of nitrogens with zero attached hydrogens (tertiary/aromatic N) is 2. The standard InChI is InChI=1S/C12H11F2N3O/c1-15-10-6-7-16-11(17-10)8-4-2-3-5-9(8)18-12(13)14/h2-7,12H,1H3,(H,15,16,17). The van der Waals surface area contributed by atoms with E-state index >= 15 is 0 Å². The average molecular weight is 251 g/mol. The van der Waals surface area contributed by atoms with Gasteiger partial charge in [0.05, 0.1) is 5.56 Å². The van der Waals surface area contributed by atoms with Gasteiger partial charge < -0.3 is 10.1 Å². The van der Waals surface area contributed by atoms with Gasteiger partial charge in [0.1, 0.15) is 11.6 Å². The number of benzene rings is 1. The highest BCUT2D eigenvalue weighted by molar-refractivity contribution is 5.64. The van der Waals surface area contributed by atoms with Crippen molar-refractivity contribution in [2.75, 3.05) is 12.4 Å². The number of hydrogen-bond acceptors (Lipinski definition) is 4. The van der Waals surface area contributed by atoms with Gasteiger partial charge in [-0.15, -0.1) is 0 Å². The summed E-state index contributed by atoms with van der Waals surface area (Å²) in [7, 11) is 1.72. The molecule has 94 valence electrons. The van der Waals surface area contributed by atoms with Crippen LogP contribution in [0.5, 0.6) is 5.75 Å². The Morgan fingerprint density at radius 2 is 2.00 bits per heavy atom. The fourth-order valence-electron chi connectivity index (χ4n) is 1.48. The zero-order chi connectivity index (χ0) is 13.0. The van der Waals surface area contributed by atoms with Crippen molar-refractivity contribution >= 4 is 5.82 Å². The molecule has 2 aromatic rings. The Kier molecular flexibility index (Phi) is 3.66. The summed E-state index contributed by atoms with van der Waals surface area (Å²) in [4.78, 5) is 8.23. The SMILES string of the molecule is CNc1ccnc(-c2ccccc2OC(F)F)n1. The Morgan fingerprint density at radius 1 is 1.22 bits per heavy atom. The van der Waals surface area contributed by atoms with E-state index in [4.69, 9.17) is 0 Å². The molecule has 6 heteroatoms. The molecule has 18 heavy (non-hydrogen) atoms. The molecule has 0 saturated carbocycles. The molecule has 1 N–H and O–H groups in total. The molecule has 0 aliphatic carbocycles. The second-order valence-corrected chi connectivity index (χ2v) is 3.39. The first-order valence-corrected chi connectivity index (χ1v) is 5.25. The van der Waals surface area contributed by atoms with Crippen LogP contribution in [0, 0.1) is 0 Å². The van der Waals surface area contributed by atoms with Crippen LogP contribution in [0.4, 0.5) is 14.6 Å². The fraction of sp³-hybridized carbons (Fsp3) is 0.167. The lowest BCUT2D eigenvalue weighted by molar-refractivity contribution is -0.0494. The summed E-state index contributed by atoms with van der Waals surface area (Å²) < 4.78 is 29.0. The quantitative estimate of drug-likeness (QED) is 0.907. The van der Waals surface area contributed by atoms with E-state index < -0.39 is 6.61 Å². The highest BCUT2D eigenvalue weighted by Gasteiger charge is 2.12. The van der Waals surface area contributed by atoms with E-state index in [0.29, 0.717) is 17.2 Å². The number of ether oxygens (including phenoxy) is 1. The molecule has 0 radical (unpaired) electrons. The Hall–Kier alpha value is -2.24. The summed E-state index contributed by atoms with van der Waals surface area (Å²) >= 11 is 0. The van der Waals surface area contributed by atoms with Crippen molar-refractivity contribution in [2.24, 2.45) is 0 Å². The summed E-state index contributed by atoms with van der Waals surface area (Å²) in [6.45, 7) is -2.88. The Balaban J connectivity index is 2.42. The van der Waals surface area contributed by atoms with E-state index in [9.17, 15) is 8.78 Å². The van der Waals surface area contributed by atoms with Crippen molar-refractivity contribution in [3.8, 4) is 17.1 Å². The van der Waals surface area contributed by atoms with Gasteiger partial charge in [0.25, 0.3) is 0 Å². The normalized spacial score (nSPS) is 10.4. The topological polar surface area (TPSA) is 47.0 Å². The zero-order valence-electron chi connectivity index (χ0n) is 9.60. The summed E-state index contributed by atoms with van der Waals surface area (Å²) in [5.41, 5.74) is 0.426. The number of nitrogens with one attached hydrogen (secondary N) is 1. The Labute approximate surface area is 103 Å². The lowest BCUT2D eigenvalue weighted by Crippen LogP contribution is -2.04. The van der Waals surface area contributed by atoms with Crippen molar-refractivity contribution in [1.29, 1.82) is 0 Å². The van der Waals surface area contributed by atoms with Crippen LogP contribution in [0.25, 0.3) is 11.4 Å². The maximum absolute atomic E-state index is 12.3. The van der Waals surface area contributed by atoms with Crippen LogP contribution < -0.4 is 10.1 Å². The summed E-state index contributed by atoms with van der Waals surface area (Å²) in [5, 5.41) is 2.86. The predicted octanol–water partition coefficient (Wildman–Crippen LogP) is 2.79. The summed E-state index contributed by atoms with van der Waals surface area (Å²) in [5.74, 6) is 0.991. The highest BCUT2D eigenvalue weighted by atomic mass is 19.3. The molecular formula is C12H11F2N3O. The molecule has 0 aliphatic rings. The van der Waals surface area contributed by atoms with Crippen molar-refractivity contribution in [3.63, 3.8) is 0 Å². The molecule has 1 aromatic carbocycles. The number of anilines is 1. The summed E-state index contributed by atoms with van der Waals surface area (Å²) in [6, 6.07) is 8.09. The maximum Gasteiger partial charge on any atom is 0.387 e. The second-order valence-electron chi connectivity index (χ2n) is 3.39. The van der Waals surface area contributed by atoms with Gasteiger partial charge in [-0.3, -0.25) is 0 Å². The van der Waals surface area contributed by atoms with Crippen molar-refractivity contribution < 1.29 is 13.5 Å². The first kappa shape index (κ1) is 12.2. The third kappa shape index (κ3) is 2.71. The number of alkyl halides is 2. The molecule has 0 bridgehead atoms. The van der Waals surface area contributed by atoms with Gasteiger partial charge in [-0.25, -0.2) is 9.97 Å². The van der Waals surface area contributed by atoms with Crippen LogP contribution in [-0.2, 0) is 0 Å². The largest absolute Gasteiger partial charge is 0.434 e. The molecule has 2 rings (SSSR count). The van der Waals surface area contributed by atoms with Gasteiger partial charge in [0.2, 0.25) is 0 Å². The number of para-hydroxylation sites is 1. The third-order valence-electron chi connectivity index (χ3n) is 2.26. The fourth-order valence-corrected chi connectivity index (χ4v) is 1.48. The number of hydrogen-bond donors (Lipinski definition) is 1. The van der Waals surface area contributed by atoms with Crippen LogP contribution in [0.1, 0.15) is 0 Å². The van der Waals surface area contributed by atoms with E-state index in [1.807, 2.05) is 0 Å². The lowest BCUT2D eigenvalue weighted by atomic mass is 10.2. The minimum Gasteiger partial charge on any atom is -0.434 e. The number of rotatable bonds is 4. The van der Waals surface area contributed by atoms with E-state index in [1.165, 1.54) is 6.07 Å². The molecular weight excluding hydrogens is 240 g/mol. The van der Waals surface area contributed by atoms with Crippen LogP contribution in [0.2, 0.25) is 0 Å². The highest BCUT2D eigenvalue weighted by Crippen LogP contribution is 2.28. The van der Waals surface area contributed by atoms with Gasteiger partial charge in [-0.2, -0.15) is 8.78 Å². The molecule has 1 heterocycles. The number of halogens is 2. The van der Waals surface area contributed by atoms with Gasteiger partial charge in [-0.05, 0) is 18.2 Å². The zero-order valence-corrected chi connectivity index (χ0v) is 9.60. The second kappa shape index (κ2) is 5.39. The molecule has 0 spiro atoms. The molecule has 0 saturated heterocycles.